The zero-order chi connectivity index (χ0) is 18.9. The van der Waals surface area contributed by atoms with Crippen LogP contribution in [0.15, 0.2) is 28.9 Å². The first kappa shape index (κ1) is 19.0. The first-order valence-electron chi connectivity index (χ1n) is 9.91. The van der Waals surface area contributed by atoms with Crippen molar-refractivity contribution in [3.8, 4) is 0 Å². The van der Waals surface area contributed by atoms with E-state index in [9.17, 15) is 9.90 Å². The number of fused-ring (bicyclic) bond motifs is 1. The summed E-state index contributed by atoms with van der Waals surface area (Å²) < 4.78 is 8.13. The fourth-order valence-electron chi connectivity index (χ4n) is 4.31. The van der Waals surface area contributed by atoms with Gasteiger partial charge < -0.3 is 19.7 Å². The van der Waals surface area contributed by atoms with Crippen molar-refractivity contribution in [2.45, 2.75) is 57.1 Å². The van der Waals surface area contributed by atoms with Crippen molar-refractivity contribution in [1.29, 1.82) is 0 Å². The summed E-state index contributed by atoms with van der Waals surface area (Å²) in [5.41, 5.74) is 0.977. The van der Waals surface area contributed by atoms with E-state index >= 15 is 0 Å². The first-order chi connectivity index (χ1) is 13.0. The second kappa shape index (κ2) is 7.94. The van der Waals surface area contributed by atoms with Crippen LogP contribution in [0.5, 0.6) is 0 Å². The smallest absolute Gasteiger partial charge is 0.224 e. The lowest BCUT2D eigenvalue weighted by atomic mass is 9.96. The van der Waals surface area contributed by atoms with Gasteiger partial charge in [0.25, 0.3) is 0 Å². The number of carbonyl (C=O) groups is 1. The fraction of sp³-hybridized carbons (Fsp3) is 0.571. The lowest BCUT2D eigenvalue weighted by molar-refractivity contribution is -0.184. The molecular weight excluding hydrogens is 408 g/mol. The van der Waals surface area contributed by atoms with Gasteiger partial charge in [0.15, 0.2) is 0 Å². The van der Waals surface area contributed by atoms with Crippen LogP contribution in [0, 0.1) is 5.92 Å². The Balaban J connectivity index is 1.54. The molecule has 1 aromatic heterocycles. The molecule has 27 heavy (non-hydrogen) atoms. The molecule has 0 spiro atoms. The Kier molecular flexibility index (Phi) is 5.58. The molecule has 1 aliphatic heterocycles. The van der Waals surface area contributed by atoms with Crippen LogP contribution in [-0.2, 0) is 16.1 Å². The molecule has 1 amide bonds. The maximum Gasteiger partial charge on any atom is 0.224 e. The highest BCUT2D eigenvalue weighted by molar-refractivity contribution is 9.10. The monoisotopic (exact) mass is 434 g/mol. The molecule has 2 heterocycles. The number of benzene rings is 1. The third-order valence-corrected chi connectivity index (χ3v) is 6.45. The summed E-state index contributed by atoms with van der Waals surface area (Å²) in [4.78, 5) is 12.7. The summed E-state index contributed by atoms with van der Waals surface area (Å²) in [5.74, 6) is 0.583. The number of ether oxygens (including phenoxy) is 1. The van der Waals surface area contributed by atoms with Gasteiger partial charge in [-0.1, -0.05) is 47.7 Å². The Hall–Kier alpha value is -1.37. The molecule has 4 rings (SSSR count). The van der Waals surface area contributed by atoms with E-state index in [1.807, 2.05) is 29.0 Å². The quantitative estimate of drug-likeness (QED) is 0.682. The molecule has 5 nitrogen and oxygen atoms in total. The third kappa shape index (κ3) is 4.23. The van der Waals surface area contributed by atoms with Gasteiger partial charge in [-0.3, -0.25) is 4.79 Å². The molecule has 0 radical (unpaired) electrons. The molecule has 0 atom stereocenters. The Labute approximate surface area is 168 Å². The number of rotatable bonds is 5. The molecular formula is C21H27BrN2O3. The SMILES string of the molecule is O=C(CC1CCCCCC1)Nc1cn(CC2(O)COC2)c2cccc(Br)c12. The minimum Gasteiger partial charge on any atom is -0.383 e. The van der Waals surface area contributed by atoms with Crippen molar-refractivity contribution in [1.82, 2.24) is 4.57 Å². The molecule has 1 aromatic carbocycles. The van der Waals surface area contributed by atoms with Gasteiger partial charge in [-0.15, -0.1) is 0 Å². The topological polar surface area (TPSA) is 63.5 Å². The maximum absolute atomic E-state index is 12.7. The molecule has 0 unspecified atom stereocenters. The van der Waals surface area contributed by atoms with Crippen LogP contribution < -0.4 is 5.32 Å². The molecule has 1 saturated carbocycles. The minimum atomic E-state index is -0.824. The van der Waals surface area contributed by atoms with Gasteiger partial charge in [0.05, 0.1) is 31.0 Å². The Morgan fingerprint density at radius 1 is 1.26 bits per heavy atom. The number of hydrogen-bond donors (Lipinski definition) is 2. The van der Waals surface area contributed by atoms with Crippen LogP contribution in [0.2, 0.25) is 0 Å². The van der Waals surface area contributed by atoms with E-state index in [4.69, 9.17) is 4.74 Å². The molecule has 2 aliphatic rings. The Morgan fingerprint density at radius 3 is 2.67 bits per heavy atom. The minimum absolute atomic E-state index is 0.0855. The van der Waals surface area contributed by atoms with Crippen molar-refractivity contribution in [2.75, 3.05) is 18.5 Å². The van der Waals surface area contributed by atoms with Gasteiger partial charge >= 0.3 is 0 Å². The number of aromatic nitrogens is 1. The van der Waals surface area contributed by atoms with E-state index in [0.717, 1.165) is 33.9 Å². The van der Waals surface area contributed by atoms with Crippen molar-refractivity contribution in [2.24, 2.45) is 5.92 Å². The summed E-state index contributed by atoms with van der Waals surface area (Å²) in [6.45, 7) is 1.16. The summed E-state index contributed by atoms with van der Waals surface area (Å²) >= 11 is 3.62. The van der Waals surface area contributed by atoms with Crippen LogP contribution in [0.1, 0.15) is 44.9 Å². The number of anilines is 1. The van der Waals surface area contributed by atoms with Gasteiger partial charge in [-0.05, 0) is 30.9 Å². The number of aliphatic hydroxyl groups is 1. The third-order valence-electron chi connectivity index (χ3n) is 5.78. The van der Waals surface area contributed by atoms with Gasteiger partial charge in [0.1, 0.15) is 5.60 Å². The number of halogens is 1. The van der Waals surface area contributed by atoms with Crippen LogP contribution >= 0.6 is 15.9 Å². The van der Waals surface area contributed by atoms with E-state index in [0.29, 0.717) is 32.1 Å². The molecule has 2 N–H and O–H groups in total. The van der Waals surface area contributed by atoms with Gasteiger partial charge in [-0.25, -0.2) is 0 Å². The van der Waals surface area contributed by atoms with E-state index in [1.165, 1.54) is 25.7 Å². The van der Waals surface area contributed by atoms with Gasteiger partial charge in [0, 0.05) is 22.5 Å². The highest BCUT2D eigenvalue weighted by atomic mass is 79.9. The average molecular weight is 435 g/mol. The molecule has 2 fully saturated rings. The number of nitrogens with one attached hydrogen (secondary N) is 1. The van der Waals surface area contributed by atoms with E-state index in [-0.39, 0.29) is 5.91 Å². The van der Waals surface area contributed by atoms with Gasteiger partial charge in [0.2, 0.25) is 5.91 Å². The predicted octanol–water partition coefficient (Wildman–Crippen LogP) is 4.46. The summed E-state index contributed by atoms with van der Waals surface area (Å²) in [7, 11) is 0. The number of nitrogens with zero attached hydrogens (tertiary/aromatic N) is 1. The molecule has 146 valence electrons. The van der Waals surface area contributed by atoms with Crippen molar-refractivity contribution in [3.63, 3.8) is 0 Å². The number of carbonyl (C=O) groups excluding carboxylic acids is 1. The average Bonchev–Trinajstić information content (AvgIpc) is 2.78. The zero-order valence-corrected chi connectivity index (χ0v) is 17.1. The highest BCUT2D eigenvalue weighted by Crippen LogP contribution is 2.35. The fourth-order valence-corrected chi connectivity index (χ4v) is 4.88. The summed E-state index contributed by atoms with van der Waals surface area (Å²) in [5, 5.41) is 14.6. The van der Waals surface area contributed by atoms with Crippen LogP contribution in [0.3, 0.4) is 0 Å². The van der Waals surface area contributed by atoms with Crippen molar-refractivity contribution < 1.29 is 14.6 Å². The Bertz CT molecular complexity index is 820. The lowest BCUT2D eigenvalue weighted by Gasteiger charge is -2.36. The maximum atomic E-state index is 12.7. The predicted molar refractivity (Wildman–Crippen MR) is 110 cm³/mol. The number of amides is 1. The summed E-state index contributed by atoms with van der Waals surface area (Å²) in [6.07, 6.45) is 9.92. The molecule has 1 aliphatic carbocycles. The molecule has 2 aromatic rings. The number of hydrogen-bond acceptors (Lipinski definition) is 3. The van der Waals surface area contributed by atoms with Crippen LogP contribution in [-0.4, -0.2) is 34.4 Å². The first-order valence-corrected chi connectivity index (χ1v) is 10.7. The standard InChI is InChI=1S/C21H27BrN2O3/c22-16-8-5-9-18-20(16)17(11-24(18)12-21(26)13-27-14-21)23-19(25)10-15-6-3-1-2-4-7-15/h5,8-9,11,15,26H,1-4,6-7,10,12-14H2,(H,23,25). The van der Waals surface area contributed by atoms with E-state index in [2.05, 4.69) is 21.2 Å². The zero-order valence-electron chi connectivity index (χ0n) is 15.5. The second-order valence-corrected chi connectivity index (χ2v) is 8.99. The van der Waals surface area contributed by atoms with E-state index in [1.54, 1.807) is 0 Å². The van der Waals surface area contributed by atoms with Crippen LogP contribution in [0.4, 0.5) is 5.69 Å². The Morgan fingerprint density at radius 2 is 2.00 bits per heavy atom. The summed E-state index contributed by atoms with van der Waals surface area (Å²) in [6, 6.07) is 5.97. The van der Waals surface area contributed by atoms with Crippen molar-refractivity contribution >= 4 is 38.4 Å². The van der Waals surface area contributed by atoms with Gasteiger partial charge in [-0.2, -0.15) is 0 Å². The second-order valence-electron chi connectivity index (χ2n) is 8.13. The molecule has 0 bridgehead atoms. The highest BCUT2D eigenvalue weighted by Gasteiger charge is 2.37. The van der Waals surface area contributed by atoms with Crippen molar-refractivity contribution in [3.05, 3.63) is 28.9 Å². The lowest BCUT2D eigenvalue weighted by Crippen LogP contribution is -2.52. The molecule has 1 saturated heterocycles. The van der Waals surface area contributed by atoms with E-state index < -0.39 is 5.60 Å². The van der Waals surface area contributed by atoms with Crippen LogP contribution in [0.25, 0.3) is 10.9 Å². The largest absolute Gasteiger partial charge is 0.383 e. The molecule has 6 heteroatoms. The normalized spacial score (nSPS) is 20.2.